The van der Waals surface area contributed by atoms with Crippen molar-refractivity contribution in [3.05, 3.63) is 129 Å². The summed E-state index contributed by atoms with van der Waals surface area (Å²) in [5.41, 5.74) is -0.179. The number of amides is 1. The number of methoxy groups -OCH3 is 1. The molecular weight excluding hydrogens is 800 g/mol. The lowest BCUT2D eigenvalue weighted by atomic mass is 9.94. The molecule has 2 fully saturated rings. The lowest BCUT2D eigenvalue weighted by molar-refractivity contribution is -0.129. The van der Waals surface area contributed by atoms with Crippen LogP contribution in [0.15, 0.2) is 105 Å². The van der Waals surface area contributed by atoms with E-state index >= 15 is 4.39 Å². The van der Waals surface area contributed by atoms with Gasteiger partial charge in [-0.2, -0.15) is 0 Å². The summed E-state index contributed by atoms with van der Waals surface area (Å²) in [6.07, 6.45) is 4.89. The molecule has 11 nitrogen and oxygen atoms in total. The van der Waals surface area contributed by atoms with E-state index in [4.69, 9.17) is 18.3 Å². The lowest BCUT2D eigenvalue weighted by Gasteiger charge is -2.46. The van der Waals surface area contributed by atoms with Crippen LogP contribution in [0, 0.1) is 12.7 Å². The van der Waals surface area contributed by atoms with Gasteiger partial charge in [-0.05, 0) is 78.2 Å². The third kappa shape index (κ3) is 7.48. The maximum Gasteiger partial charge on any atom is 0.332 e. The molecule has 8 rings (SSSR count). The highest BCUT2D eigenvalue weighted by Crippen LogP contribution is 2.42. The van der Waals surface area contributed by atoms with Crippen molar-refractivity contribution >= 4 is 46.2 Å². The van der Waals surface area contributed by atoms with Crippen molar-refractivity contribution in [2.24, 2.45) is 0 Å². The number of aromatic nitrogens is 3. The number of likely N-dealkylation sites (N-methyl/N-ethyl adjacent to an activating group) is 1. The van der Waals surface area contributed by atoms with E-state index in [0.29, 0.717) is 63.7 Å². The summed E-state index contributed by atoms with van der Waals surface area (Å²) in [6.45, 7) is 8.94. The first-order valence-electron chi connectivity index (χ1n) is 20.5. The van der Waals surface area contributed by atoms with Gasteiger partial charge < -0.3 is 23.2 Å². The molecule has 314 valence electrons. The van der Waals surface area contributed by atoms with Gasteiger partial charge in [0.2, 0.25) is 11.8 Å². The molecule has 1 saturated heterocycles. The summed E-state index contributed by atoms with van der Waals surface area (Å²) in [5.74, 6) is -0.0790. The Morgan fingerprint density at radius 3 is 2.15 bits per heavy atom. The predicted molar refractivity (Wildman–Crippen MR) is 233 cm³/mol. The van der Waals surface area contributed by atoms with E-state index in [-0.39, 0.29) is 29.7 Å². The highest BCUT2D eigenvalue weighted by atomic mass is 32.1. The van der Waals surface area contributed by atoms with Gasteiger partial charge in [-0.15, -0.1) is 11.3 Å². The van der Waals surface area contributed by atoms with E-state index in [1.54, 1.807) is 20.0 Å². The molecule has 1 aliphatic carbocycles. The predicted octanol–water partition coefficient (Wildman–Crippen LogP) is 7.38. The number of benzene rings is 3. The van der Waals surface area contributed by atoms with Crippen LogP contribution in [0.1, 0.15) is 76.1 Å². The monoisotopic (exact) mass is 850 g/mol. The zero-order chi connectivity index (χ0) is 42.3. The van der Waals surface area contributed by atoms with Crippen molar-refractivity contribution in [2.45, 2.75) is 95.7 Å². The number of halogens is 1. The Morgan fingerprint density at radius 2 is 1.58 bits per heavy atom. The summed E-state index contributed by atoms with van der Waals surface area (Å²) in [5, 5.41) is 2.56. The second kappa shape index (κ2) is 16.7. The first-order chi connectivity index (χ1) is 28.8. The number of fused-ring (bicyclic) bond motifs is 1. The number of rotatable bonds is 12. The van der Waals surface area contributed by atoms with Crippen LogP contribution in [0.3, 0.4) is 0 Å². The first kappa shape index (κ1) is 41.6. The molecule has 2 atom stereocenters. The fourth-order valence-electron chi connectivity index (χ4n) is 9.18. The molecular formula is C46H51FN4O7SSi. The number of carbonyl (C=O) groups is 1. The Labute approximate surface area is 353 Å². The first-order valence-corrected chi connectivity index (χ1v) is 23.3. The zero-order valence-corrected chi connectivity index (χ0v) is 36.7. The molecule has 1 saturated carbocycles. The van der Waals surface area contributed by atoms with Crippen LogP contribution in [0.25, 0.3) is 21.0 Å². The van der Waals surface area contributed by atoms with Gasteiger partial charge in [0.1, 0.15) is 34.8 Å². The minimum atomic E-state index is -2.80. The summed E-state index contributed by atoms with van der Waals surface area (Å²) in [7, 11) is 0.374. The molecule has 1 aliphatic heterocycles. The average Bonchev–Trinajstić information content (AvgIpc) is 3.98. The van der Waals surface area contributed by atoms with Gasteiger partial charge in [-0.25, -0.2) is 18.7 Å². The van der Waals surface area contributed by atoms with E-state index in [9.17, 15) is 14.4 Å². The molecule has 60 heavy (non-hydrogen) atoms. The van der Waals surface area contributed by atoms with Crippen LogP contribution >= 0.6 is 11.3 Å². The van der Waals surface area contributed by atoms with Crippen LogP contribution in [0.2, 0.25) is 5.04 Å². The maximum atomic E-state index is 15.2. The van der Waals surface area contributed by atoms with Crippen molar-refractivity contribution < 1.29 is 27.5 Å². The third-order valence-electron chi connectivity index (χ3n) is 12.2. The molecule has 0 radical (unpaired) electrons. The van der Waals surface area contributed by atoms with Crippen molar-refractivity contribution in [3.8, 4) is 16.5 Å². The molecule has 2 aliphatic rings. The number of hydrogen-bond acceptors (Lipinski definition) is 9. The second-order valence-electron chi connectivity index (χ2n) is 16.9. The van der Waals surface area contributed by atoms with Crippen molar-refractivity contribution in [1.82, 2.24) is 19.0 Å². The highest BCUT2D eigenvalue weighted by molar-refractivity contribution is 7.22. The molecule has 14 heteroatoms. The van der Waals surface area contributed by atoms with E-state index in [0.717, 1.165) is 17.4 Å². The van der Waals surface area contributed by atoms with Crippen molar-refractivity contribution in [2.75, 3.05) is 20.7 Å². The molecule has 0 spiro atoms. The highest BCUT2D eigenvalue weighted by Gasteiger charge is 2.51. The Morgan fingerprint density at radius 1 is 0.933 bits per heavy atom. The standard InChI is InChI=1S/C46H51FN4O7SSi/c1-29-39-43(53)51(36-23-25-49(5)42(36)52)45(54)50(44(39)59-40(29)41-48-24-26-56-41)28-38(35-27-30(47)17-22-37(35)55-6)57-31-18-20-32(21-19-31)58-60(46(2,3)4,33-13-9-7-10-14-33)34-15-11-8-12-16-34/h7-17,22,24,26-27,31-32,36,38H,18-21,23,25,28H2,1-6H3/t31?,32?,36-,38+/m1/s1. The van der Waals surface area contributed by atoms with Gasteiger partial charge >= 0.3 is 5.69 Å². The normalized spacial score (nSPS) is 19.3. The zero-order valence-electron chi connectivity index (χ0n) is 34.9. The Bertz CT molecular complexity index is 2560. The van der Waals surface area contributed by atoms with Gasteiger partial charge in [0, 0.05) is 25.3 Å². The molecule has 1 amide bonds. The largest absolute Gasteiger partial charge is 0.496 e. The maximum absolute atomic E-state index is 15.2. The van der Waals surface area contributed by atoms with Crippen LogP contribution in [-0.4, -0.2) is 66.2 Å². The van der Waals surface area contributed by atoms with E-state index < -0.39 is 37.5 Å². The molecule has 6 aromatic rings. The molecule has 0 bridgehead atoms. The third-order valence-corrected chi connectivity index (χ3v) is 18.6. The van der Waals surface area contributed by atoms with Gasteiger partial charge in [-0.1, -0.05) is 81.4 Å². The smallest absolute Gasteiger partial charge is 0.332 e. The average molecular weight is 851 g/mol. The number of carbonyl (C=O) groups excluding carboxylic acids is 1. The number of aryl methyl sites for hydroxylation is 1. The van der Waals surface area contributed by atoms with Crippen LogP contribution in [0.5, 0.6) is 5.75 Å². The minimum absolute atomic E-state index is 0.0334. The summed E-state index contributed by atoms with van der Waals surface area (Å²) in [4.78, 5) is 49.4. The topological polar surface area (TPSA) is 118 Å². The summed E-state index contributed by atoms with van der Waals surface area (Å²) in [6, 6.07) is 24.5. The molecule has 3 aromatic heterocycles. The summed E-state index contributed by atoms with van der Waals surface area (Å²) >= 11 is 1.21. The van der Waals surface area contributed by atoms with Crippen LogP contribution in [-0.2, 0) is 20.5 Å². The van der Waals surface area contributed by atoms with Crippen molar-refractivity contribution in [1.29, 1.82) is 0 Å². The van der Waals surface area contributed by atoms with Crippen LogP contribution < -0.4 is 26.4 Å². The number of ether oxygens (including phenoxy) is 2. The van der Waals surface area contributed by atoms with Gasteiger partial charge in [0.05, 0.1) is 36.2 Å². The van der Waals surface area contributed by atoms with Crippen molar-refractivity contribution in [3.63, 3.8) is 0 Å². The molecule has 3 aromatic carbocycles. The van der Waals surface area contributed by atoms with Gasteiger partial charge in [0.15, 0.2) is 0 Å². The number of nitrogens with zero attached hydrogens (tertiary/aromatic N) is 4. The quantitative estimate of drug-likeness (QED) is 0.117. The Hall–Kier alpha value is -5.15. The second-order valence-corrected chi connectivity index (χ2v) is 22.1. The van der Waals surface area contributed by atoms with Crippen LogP contribution in [0.4, 0.5) is 4.39 Å². The summed E-state index contributed by atoms with van der Waals surface area (Å²) < 4.78 is 43.7. The number of hydrogen-bond donors (Lipinski definition) is 0. The SMILES string of the molecule is COc1ccc(F)cc1[C@H](Cn1c(=O)n([C@@H]2CCN(C)C2=O)c(=O)c2c(C)c(-c3ncco3)sc21)OC1CCC(O[Si](c2ccccc2)(c2ccccc2)C(C)(C)C)CC1. The Kier molecular flexibility index (Phi) is 11.6. The number of oxazole rings is 1. The minimum Gasteiger partial charge on any atom is -0.496 e. The number of thiophene rings is 1. The number of likely N-dealkylation sites (tertiary alicyclic amines) is 1. The molecule has 0 N–H and O–H groups in total. The Balaban J connectivity index is 1.16. The van der Waals surface area contributed by atoms with E-state index in [2.05, 4.69) is 74.3 Å². The van der Waals surface area contributed by atoms with E-state index in [1.807, 2.05) is 12.1 Å². The van der Waals surface area contributed by atoms with E-state index in [1.165, 1.54) is 62.9 Å². The van der Waals surface area contributed by atoms with Gasteiger partial charge in [-0.3, -0.25) is 14.2 Å². The lowest BCUT2D eigenvalue weighted by Crippen LogP contribution is -2.67. The van der Waals surface area contributed by atoms with Gasteiger partial charge in [0.25, 0.3) is 13.9 Å². The fraction of sp³-hybridized carbons (Fsp3) is 0.391. The molecule has 0 unspecified atom stereocenters. The molecule has 4 heterocycles. The fourth-order valence-corrected chi connectivity index (χ4v) is 15.2.